The van der Waals surface area contributed by atoms with E-state index in [4.69, 9.17) is 4.74 Å². The molecule has 0 spiro atoms. The summed E-state index contributed by atoms with van der Waals surface area (Å²) in [7, 11) is 0. The van der Waals surface area contributed by atoms with Crippen LogP contribution in [0.3, 0.4) is 0 Å². The molecule has 0 amide bonds. The molecule has 3 heterocycles. The lowest BCUT2D eigenvalue weighted by molar-refractivity contribution is 0.474. The van der Waals surface area contributed by atoms with Crippen molar-refractivity contribution in [2.24, 2.45) is 0 Å². The van der Waals surface area contributed by atoms with Crippen LogP contribution in [0.15, 0.2) is 60.7 Å². The molecule has 0 unspecified atom stereocenters. The van der Waals surface area contributed by atoms with Gasteiger partial charge in [-0.1, -0.05) is 125 Å². The summed E-state index contributed by atoms with van der Waals surface area (Å²) in [6.07, 6.45) is 0. The Kier molecular flexibility index (Phi) is 5.70. The van der Waals surface area contributed by atoms with Gasteiger partial charge in [0.1, 0.15) is 11.5 Å². The Morgan fingerprint density at radius 1 is 0.477 bits per heavy atom. The molecule has 2 nitrogen and oxygen atoms in total. The third-order valence-corrected chi connectivity index (χ3v) is 11.0. The minimum atomic E-state index is -0.217. The third-order valence-electron chi connectivity index (χ3n) is 11.0. The maximum Gasteiger partial charge on any atom is 0.128 e. The molecular weight excluding hydrogens is 534 g/mol. The quantitative estimate of drug-likeness (QED) is 0.233. The monoisotopic (exact) mass is 583 g/mol. The fraction of sp³-hybridized carbons (Fsp3) is 0.429. The summed E-state index contributed by atoms with van der Waals surface area (Å²) in [6.45, 7) is 30.8. The first-order valence-electron chi connectivity index (χ1n) is 16.4. The zero-order valence-electron chi connectivity index (χ0n) is 29.1. The first-order valence-corrected chi connectivity index (χ1v) is 16.4. The van der Waals surface area contributed by atoms with Crippen LogP contribution in [0.5, 0.6) is 11.5 Å². The molecule has 2 heteroatoms. The van der Waals surface area contributed by atoms with Crippen molar-refractivity contribution in [3.63, 3.8) is 0 Å². The number of benzene rings is 4. The molecule has 0 radical (unpaired) electrons. The fourth-order valence-corrected chi connectivity index (χ4v) is 7.90. The Bertz CT molecular complexity index is 1760. The van der Waals surface area contributed by atoms with Crippen molar-refractivity contribution < 1.29 is 4.74 Å². The summed E-state index contributed by atoms with van der Waals surface area (Å²) in [5, 5.41) is 0. The van der Waals surface area contributed by atoms with Crippen LogP contribution in [0.25, 0.3) is 0 Å². The molecule has 0 aromatic heterocycles. The molecule has 3 aliphatic heterocycles. The Morgan fingerprint density at radius 3 is 1.11 bits per heavy atom. The molecule has 3 aliphatic rings. The van der Waals surface area contributed by atoms with Crippen LogP contribution in [0, 0.1) is 6.92 Å². The summed E-state index contributed by atoms with van der Waals surface area (Å²) in [6, 6.07) is 23.1. The van der Waals surface area contributed by atoms with Crippen LogP contribution in [-0.2, 0) is 27.1 Å². The summed E-state index contributed by atoms with van der Waals surface area (Å²) in [5.74, 6) is 1.78. The zero-order chi connectivity index (χ0) is 31.9. The van der Waals surface area contributed by atoms with Gasteiger partial charge >= 0.3 is 0 Å². The van der Waals surface area contributed by atoms with E-state index in [1.807, 2.05) is 0 Å². The van der Waals surface area contributed by atoms with E-state index in [-0.39, 0.29) is 27.1 Å². The highest BCUT2D eigenvalue weighted by atomic mass is 16.5. The molecule has 228 valence electrons. The van der Waals surface area contributed by atoms with Crippen molar-refractivity contribution in [2.45, 2.75) is 117 Å². The lowest BCUT2D eigenvalue weighted by Crippen LogP contribution is -2.44. The van der Waals surface area contributed by atoms with E-state index in [1.165, 1.54) is 67.1 Å². The van der Waals surface area contributed by atoms with Crippen LogP contribution >= 0.6 is 0 Å². The molecule has 0 N–H and O–H groups in total. The van der Waals surface area contributed by atoms with E-state index in [2.05, 4.69) is 156 Å². The average Bonchev–Trinajstić information content (AvgIpc) is 2.91. The zero-order valence-corrected chi connectivity index (χ0v) is 29.1. The lowest BCUT2D eigenvalue weighted by Gasteiger charge is -2.55. The number of anilines is 3. The van der Waals surface area contributed by atoms with Gasteiger partial charge in [-0.25, -0.2) is 0 Å². The molecule has 44 heavy (non-hydrogen) atoms. The van der Waals surface area contributed by atoms with Crippen molar-refractivity contribution in [1.29, 1.82) is 0 Å². The highest BCUT2D eigenvalue weighted by molar-refractivity contribution is 5.98. The second-order valence-corrected chi connectivity index (χ2v) is 17.3. The number of ether oxygens (including phenoxy) is 1. The highest BCUT2D eigenvalue weighted by Crippen LogP contribution is 2.67. The summed E-state index contributed by atoms with van der Waals surface area (Å²) >= 11 is 0. The van der Waals surface area contributed by atoms with Gasteiger partial charge in [0.25, 0.3) is 0 Å². The fourth-order valence-electron chi connectivity index (χ4n) is 7.90. The maximum absolute atomic E-state index is 6.67. The van der Waals surface area contributed by atoms with Gasteiger partial charge in [-0.05, 0) is 86.5 Å². The molecule has 0 bridgehead atoms. The molecule has 0 atom stereocenters. The first-order chi connectivity index (χ1) is 20.2. The van der Waals surface area contributed by atoms with E-state index >= 15 is 0 Å². The second kappa shape index (κ2) is 8.59. The van der Waals surface area contributed by atoms with E-state index in [0.717, 1.165) is 11.5 Å². The minimum absolute atomic E-state index is 0.0299. The Morgan fingerprint density at radius 2 is 0.795 bits per heavy atom. The summed E-state index contributed by atoms with van der Waals surface area (Å²) in [4.78, 5) is 2.66. The SMILES string of the molecule is Cc1ccc(Oc2cc3c4c(c2)C(C)(C)c2cc(C(C)(C)C)cc5c2N4c2c(cc(C(C)(C)C)cc2C5(C)C)C3(C)C)cc1. The van der Waals surface area contributed by atoms with Crippen molar-refractivity contribution in [3.05, 3.63) is 111 Å². The van der Waals surface area contributed by atoms with Crippen molar-refractivity contribution in [1.82, 2.24) is 0 Å². The maximum atomic E-state index is 6.67. The largest absolute Gasteiger partial charge is 0.457 e. The van der Waals surface area contributed by atoms with Crippen molar-refractivity contribution in [2.75, 3.05) is 4.90 Å². The van der Waals surface area contributed by atoms with Gasteiger partial charge in [0.2, 0.25) is 0 Å². The molecular formula is C42H49NO. The average molecular weight is 584 g/mol. The molecule has 4 aromatic rings. The van der Waals surface area contributed by atoms with E-state index in [1.54, 1.807) is 0 Å². The summed E-state index contributed by atoms with van der Waals surface area (Å²) in [5.41, 5.74) is 16.0. The lowest BCUT2D eigenvalue weighted by atomic mass is 9.59. The van der Waals surface area contributed by atoms with Gasteiger partial charge in [0.05, 0.1) is 17.1 Å². The van der Waals surface area contributed by atoms with Gasteiger partial charge in [-0.2, -0.15) is 0 Å². The third kappa shape index (κ3) is 3.85. The van der Waals surface area contributed by atoms with Gasteiger partial charge < -0.3 is 9.64 Å². The van der Waals surface area contributed by atoms with Crippen molar-refractivity contribution >= 4 is 17.1 Å². The Labute approximate surface area is 265 Å². The molecule has 4 aromatic carbocycles. The van der Waals surface area contributed by atoms with Gasteiger partial charge in [0.15, 0.2) is 0 Å². The number of hydrogen-bond donors (Lipinski definition) is 0. The Hall–Kier alpha value is -3.52. The summed E-state index contributed by atoms with van der Waals surface area (Å²) < 4.78 is 6.67. The van der Waals surface area contributed by atoms with Crippen LogP contribution in [0.1, 0.15) is 133 Å². The molecule has 0 saturated heterocycles. The van der Waals surface area contributed by atoms with Crippen LogP contribution < -0.4 is 9.64 Å². The molecule has 7 rings (SSSR count). The van der Waals surface area contributed by atoms with E-state index in [9.17, 15) is 0 Å². The van der Waals surface area contributed by atoms with E-state index < -0.39 is 0 Å². The van der Waals surface area contributed by atoms with E-state index in [0.29, 0.717) is 0 Å². The second-order valence-electron chi connectivity index (χ2n) is 17.3. The molecule has 0 fully saturated rings. The normalized spacial score (nSPS) is 18.2. The highest BCUT2D eigenvalue weighted by Gasteiger charge is 2.52. The van der Waals surface area contributed by atoms with Crippen LogP contribution in [0.4, 0.5) is 17.1 Å². The van der Waals surface area contributed by atoms with Crippen LogP contribution in [-0.4, -0.2) is 0 Å². The predicted molar refractivity (Wildman–Crippen MR) is 186 cm³/mol. The standard InChI is InChI=1S/C42H49NO/c1-24-14-16-27(17-15-24)44-28-22-33-37-34(23-28)42(12,13)32-21-26(39(5,6)7)19-30-36(32)43(37)35-29(40(30,8)9)18-25(38(2,3)4)20-31(35)41(33,10)11/h14-23H,1-13H3. The number of hydrogen-bond acceptors (Lipinski definition) is 2. The topological polar surface area (TPSA) is 12.5 Å². The molecule has 0 saturated carbocycles. The number of nitrogens with zero attached hydrogens (tertiary/aromatic N) is 1. The minimum Gasteiger partial charge on any atom is -0.457 e. The smallest absolute Gasteiger partial charge is 0.128 e. The first kappa shape index (κ1) is 29.2. The predicted octanol–water partition coefficient (Wildman–Crippen LogP) is 11.8. The van der Waals surface area contributed by atoms with Gasteiger partial charge in [-0.3, -0.25) is 0 Å². The van der Waals surface area contributed by atoms with Gasteiger partial charge in [-0.15, -0.1) is 0 Å². The van der Waals surface area contributed by atoms with Gasteiger partial charge in [0, 0.05) is 16.2 Å². The van der Waals surface area contributed by atoms with Crippen LogP contribution in [0.2, 0.25) is 0 Å². The number of rotatable bonds is 2. The Balaban J connectivity index is 1.62. The van der Waals surface area contributed by atoms with Crippen molar-refractivity contribution in [3.8, 4) is 11.5 Å². The molecule has 0 aliphatic carbocycles. The number of aryl methyl sites for hydroxylation is 1.